The van der Waals surface area contributed by atoms with Crippen LogP contribution in [0.4, 0.5) is 0 Å². The maximum absolute atomic E-state index is 12.1. The highest BCUT2D eigenvalue weighted by molar-refractivity contribution is 5.91. The minimum atomic E-state index is -0.427. The van der Waals surface area contributed by atoms with Crippen LogP contribution >= 0.6 is 0 Å². The molecular weight excluding hydrogens is 256 g/mol. The van der Waals surface area contributed by atoms with E-state index in [0.717, 1.165) is 18.4 Å². The average Bonchev–Trinajstić information content (AvgIpc) is 2.95. The standard InChI is InChI=1S/C15H18N2O3/c18-14(4-3-13-2-1-7-16-12-13)17-8-5-15(6-9-17)19-10-11-20-15/h1-4,7,12H,5-6,8-11H2. The molecule has 0 radical (unpaired) electrons. The first-order valence-corrected chi connectivity index (χ1v) is 6.92. The van der Waals surface area contributed by atoms with Crippen molar-refractivity contribution < 1.29 is 14.3 Å². The van der Waals surface area contributed by atoms with Gasteiger partial charge in [-0.2, -0.15) is 0 Å². The largest absolute Gasteiger partial charge is 0.347 e. The van der Waals surface area contributed by atoms with Crippen LogP contribution in [0.1, 0.15) is 18.4 Å². The zero-order valence-electron chi connectivity index (χ0n) is 11.3. The van der Waals surface area contributed by atoms with Crippen molar-refractivity contribution in [3.05, 3.63) is 36.2 Å². The number of pyridine rings is 1. The fourth-order valence-corrected chi connectivity index (χ4v) is 2.60. The number of ether oxygens (including phenoxy) is 2. The summed E-state index contributed by atoms with van der Waals surface area (Å²) in [6.07, 6.45) is 8.34. The predicted octanol–water partition coefficient (Wildman–Crippen LogP) is 1.46. The van der Waals surface area contributed by atoms with Gasteiger partial charge in [0.25, 0.3) is 0 Å². The van der Waals surface area contributed by atoms with E-state index in [1.165, 1.54) is 0 Å². The molecule has 0 atom stereocenters. The molecule has 0 saturated carbocycles. The Morgan fingerprint density at radius 2 is 2.05 bits per heavy atom. The van der Waals surface area contributed by atoms with Crippen LogP contribution in [0.3, 0.4) is 0 Å². The van der Waals surface area contributed by atoms with Crippen LogP contribution in [-0.4, -0.2) is 47.9 Å². The van der Waals surface area contributed by atoms with Crippen molar-refractivity contribution in [2.24, 2.45) is 0 Å². The van der Waals surface area contributed by atoms with Crippen molar-refractivity contribution in [3.8, 4) is 0 Å². The molecule has 2 aliphatic heterocycles. The zero-order chi connectivity index (χ0) is 13.8. The Morgan fingerprint density at radius 1 is 1.30 bits per heavy atom. The van der Waals surface area contributed by atoms with E-state index >= 15 is 0 Å². The van der Waals surface area contributed by atoms with Crippen LogP contribution in [0, 0.1) is 0 Å². The maximum Gasteiger partial charge on any atom is 0.246 e. The van der Waals surface area contributed by atoms with E-state index in [0.29, 0.717) is 26.3 Å². The summed E-state index contributed by atoms with van der Waals surface area (Å²) in [5, 5.41) is 0. The van der Waals surface area contributed by atoms with Crippen molar-refractivity contribution >= 4 is 12.0 Å². The van der Waals surface area contributed by atoms with Crippen LogP contribution in [0.2, 0.25) is 0 Å². The van der Waals surface area contributed by atoms with Crippen molar-refractivity contribution in [2.75, 3.05) is 26.3 Å². The van der Waals surface area contributed by atoms with Gasteiger partial charge in [-0.15, -0.1) is 0 Å². The second-order valence-electron chi connectivity index (χ2n) is 5.05. The number of aromatic nitrogens is 1. The average molecular weight is 274 g/mol. The molecule has 0 aliphatic carbocycles. The summed E-state index contributed by atoms with van der Waals surface area (Å²) < 4.78 is 11.3. The monoisotopic (exact) mass is 274 g/mol. The fraction of sp³-hybridized carbons (Fsp3) is 0.467. The molecule has 2 aliphatic rings. The summed E-state index contributed by atoms with van der Waals surface area (Å²) >= 11 is 0. The maximum atomic E-state index is 12.1. The number of hydrogen-bond acceptors (Lipinski definition) is 4. The smallest absolute Gasteiger partial charge is 0.246 e. The number of piperidine rings is 1. The molecule has 3 heterocycles. The van der Waals surface area contributed by atoms with Crippen molar-refractivity contribution in [3.63, 3.8) is 0 Å². The Labute approximate surface area is 118 Å². The van der Waals surface area contributed by atoms with E-state index < -0.39 is 5.79 Å². The molecule has 0 N–H and O–H groups in total. The van der Waals surface area contributed by atoms with Gasteiger partial charge in [-0.05, 0) is 17.7 Å². The second-order valence-corrected chi connectivity index (χ2v) is 5.05. The summed E-state index contributed by atoms with van der Waals surface area (Å²) in [4.78, 5) is 18.0. The summed E-state index contributed by atoms with van der Waals surface area (Å²) in [6.45, 7) is 2.68. The molecule has 5 heteroatoms. The summed E-state index contributed by atoms with van der Waals surface area (Å²) in [7, 11) is 0. The number of carbonyl (C=O) groups excluding carboxylic acids is 1. The Morgan fingerprint density at radius 3 is 2.70 bits per heavy atom. The molecule has 1 amide bonds. The molecule has 20 heavy (non-hydrogen) atoms. The molecule has 1 spiro atoms. The van der Waals surface area contributed by atoms with Gasteiger partial charge in [0, 0.05) is 44.4 Å². The first-order chi connectivity index (χ1) is 9.77. The lowest BCUT2D eigenvalue weighted by Crippen LogP contribution is -2.46. The van der Waals surface area contributed by atoms with Gasteiger partial charge >= 0.3 is 0 Å². The van der Waals surface area contributed by atoms with E-state index in [2.05, 4.69) is 4.98 Å². The Bertz CT molecular complexity index is 485. The minimum Gasteiger partial charge on any atom is -0.347 e. The molecule has 3 rings (SSSR count). The third kappa shape index (κ3) is 2.89. The molecule has 0 unspecified atom stereocenters. The van der Waals surface area contributed by atoms with Gasteiger partial charge in [0.15, 0.2) is 5.79 Å². The SMILES string of the molecule is O=C(C=Cc1cccnc1)N1CCC2(CC1)OCCO2. The molecule has 106 valence electrons. The van der Waals surface area contributed by atoms with Gasteiger partial charge in [-0.3, -0.25) is 9.78 Å². The lowest BCUT2D eigenvalue weighted by atomic mass is 10.0. The molecule has 2 fully saturated rings. The molecule has 5 nitrogen and oxygen atoms in total. The lowest BCUT2D eigenvalue weighted by molar-refractivity contribution is -0.186. The van der Waals surface area contributed by atoms with Gasteiger partial charge < -0.3 is 14.4 Å². The highest BCUT2D eigenvalue weighted by Gasteiger charge is 2.40. The van der Waals surface area contributed by atoms with Gasteiger partial charge in [0.2, 0.25) is 5.91 Å². The number of hydrogen-bond donors (Lipinski definition) is 0. The molecular formula is C15H18N2O3. The molecule has 0 aromatic carbocycles. The Balaban J connectivity index is 1.55. The first kappa shape index (κ1) is 13.3. The Kier molecular flexibility index (Phi) is 3.80. The summed E-state index contributed by atoms with van der Waals surface area (Å²) in [5.41, 5.74) is 0.928. The first-order valence-electron chi connectivity index (χ1n) is 6.92. The third-order valence-electron chi connectivity index (χ3n) is 3.75. The van der Waals surface area contributed by atoms with E-state index in [-0.39, 0.29) is 5.91 Å². The van der Waals surface area contributed by atoms with Crippen LogP contribution in [0.5, 0.6) is 0 Å². The summed E-state index contributed by atoms with van der Waals surface area (Å²) in [6, 6.07) is 3.77. The van der Waals surface area contributed by atoms with Gasteiger partial charge in [0.05, 0.1) is 13.2 Å². The summed E-state index contributed by atoms with van der Waals surface area (Å²) in [5.74, 6) is -0.397. The van der Waals surface area contributed by atoms with Crippen LogP contribution in [0.15, 0.2) is 30.6 Å². The van der Waals surface area contributed by atoms with E-state index in [1.807, 2.05) is 17.0 Å². The fourth-order valence-electron chi connectivity index (χ4n) is 2.60. The number of carbonyl (C=O) groups is 1. The highest BCUT2D eigenvalue weighted by atomic mass is 16.7. The van der Waals surface area contributed by atoms with Gasteiger partial charge in [-0.25, -0.2) is 0 Å². The number of likely N-dealkylation sites (tertiary alicyclic amines) is 1. The highest BCUT2D eigenvalue weighted by Crippen LogP contribution is 2.31. The zero-order valence-corrected chi connectivity index (χ0v) is 11.3. The van der Waals surface area contributed by atoms with Gasteiger partial charge in [-0.1, -0.05) is 6.07 Å². The van der Waals surface area contributed by atoms with E-state index in [1.54, 1.807) is 24.5 Å². The van der Waals surface area contributed by atoms with Crippen LogP contribution in [0.25, 0.3) is 6.08 Å². The molecule has 2 saturated heterocycles. The van der Waals surface area contributed by atoms with E-state index in [4.69, 9.17) is 9.47 Å². The quantitative estimate of drug-likeness (QED) is 0.766. The van der Waals surface area contributed by atoms with Gasteiger partial charge in [0.1, 0.15) is 0 Å². The van der Waals surface area contributed by atoms with Crippen molar-refractivity contribution in [1.82, 2.24) is 9.88 Å². The number of amides is 1. The topological polar surface area (TPSA) is 51.7 Å². The normalized spacial score (nSPS) is 21.7. The minimum absolute atomic E-state index is 0.0294. The van der Waals surface area contributed by atoms with E-state index in [9.17, 15) is 4.79 Å². The number of nitrogens with zero attached hydrogens (tertiary/aromatic N) is 2. The van der Waals surface area contributed by atoms with Crippen molar-refractivity contribution in [1.29, 1.82) is 0 Å². The molecule has 1 aromatic rings. The van der Waals surface area contributed by atoms with Crippen LogP contribution in [-0.2, 0) is 14.3 Å². The third-order valence-corrected chi connectivity index (χ3v) is 3.75. The predicted molar refractivity (Wildman–Crippen MR) is 73.7 cm³/mol. The molecule has 0 bridgehead atoms. The van der Waals surface area contributed by atoms with Crippen molar-refractivity contribution in [2.45, 2.75) is 18.6 Å². The molecule has 1 aromatic heterocycles. The lowest BCUT2D eigenvalue weighted by Gasteiger charge is -2.37. The number of rotatable bonds is 2. The van der Waals surface area contributed by atoms with Crippen LogP contribution < -0.4 is 0 Å². The second kappa shape index (κ2) is 5.73. The Hall–Kier alpha value is -1.72.